The van der Waals surface area contributed by atoms with Crippen LogP contribution in [-0.4, -0.2) is 33.8 Å². The Morgan fingerprint density at radius 2 is 1.96 bits per heavy atom. The van der Waals surface area contributed by atoms with Gasteiger partial charge in [0.1, 0.15) is 0 Å². The molecule has 1 aliphatic heterocycles. The molecule has 0 radical (unpaired) electrons. The van der Waals surface area contributed by atoms with Crippen LogP contribution < -0.4 is 10.6 Å². The van der Waals surface area contributed by atoms with E-state index in [0.29, 0.717) is 19.0 Å². The molecule has 0 saturated carbocycles. The fourth-order valence-corrected chi connectivity index (χ4v) is 3.56. The van der Waals surface area contributed by atoms with E-state index >= 15 is 0 Å². The van der Waals surface area contributed by atoms with Crippen molar-refractivity contribution in [2.45, 2.75) is 53.4 Å². The molecule has 146 valence electrons. The molecule has 2 heterocycles. The highest BCUT2D eigenvalue weighted by molar-refractivity contribution is 5.73. The summed E-state index contributed by atoms with van der Waals surface area (Å²) in [6.45, 7) is 11.7. The second-order valence-corrected chi connectivity index (χ2v) is 7.80. The van der Waals surface area contributed by atoms with Crippen molar-refractivity contribution in [2.24, 2.45) is 5.92 Å². The van der Waals surface area contributed by atoms with Gasteiger partial charge in [-0.1, -0.05) is 38.1 Å². The maximum atomic E-state index is 12.1. The Hall–Kier alpha value is -2.34. The van der Waals surface area contributed by atoms with Crippen molar-refractivity contribution in [3.63, 3.8) is 0 Å². The highest BCUT2D eigenvalue weighted by Gasteiger charge is 2.17. The van der Waals surface area contributed by atoms with Gasteiger partial charge in [0.15, 0.2) is 0 Å². The summed E-state index contributed by atoms with van der Waals surface area (Å²) < 4.78 is 2.10. The average Bonchev–Trinajstić information content (AvgIpc) is 2.91. The molecule has 27 heavy (non-hydrogen) atoms. The fourth-order valence-electron chi connectivity index (χ4n) is 3.56. The number of aromatic nitrogens is 2. The number of urea groups is 1. The van der Waals surface area contributed by atoms with Crippen molar-refractivity contribution in [3.05, 3.63) is 52.8 Å². The third-order valence-electron chi connectivity index (χ3n) is 4.90. The molecule has 2 N–H and O–H groups in total. The van der Waals surface area contributed by atoms with Crippen molar-refractivity contribution in [1.29, 1.82) is 0 Å². The van der Waals surface area contributed by atoms with E-state index in [4.69, 9.17) is 0 Å². The van der Waals surface area contributed by atoms with E-state index in [-0.39, 0.29) is 6.03 Å². The standard InChI is InChI=1S/C21H31N5O/c1-16(2)14-25-9-6-10-26-20(15-25)11-19(24-26)13-23-21(27)22-12-18-8-5-4-7-17(18)3/h4-5,7-8,11,16H,6,9-10,12-15H2,1-3H3,(H2,22,23,27). The predicted octanol–water partition coefficient (Wildman–Crippen LogP) is 3.05. The highest BCUT2D eigenvalue weighted by atomic mass is 16.2. The van der Waals surface area contributed by atoms with Gasteiger partial charge in [0.25, 0.3) is 0 Å². The van der Waals surface area contributed by atoms with Crippen LogP contribution in [-0.2, 0) is 26.2 Å². The molecule has 6 heteroatoms. The van der Waals surface area contributed by atoms with E-state index in [1.165, 1.54) is 11.3 Å². The van der Waals surface area contributed by atoms with Crippen LogP contribution in [0.2, 0.25) is 0 Å². The Labute approximate surface area is 161 Å². The molecule has 2 amide bonds. The van der Waals surface area contributed by atoms with Crippen LogP contribution in [0.3, 0.4) is 0 Å². The van der Waals surface area contributed by atoms with Crippen LogP contribution >= 0.6 is 0 Å². The Bertz CT molecular complexity index is 768. The average molecular weight is 370 g/mol. The van der Waals surface area contributed by atoms with E-state index in [1.54, 1.807) is 0 Å². The zero-order valence-electron chi connectivity index (χ0n) is 16.7. The fraction of sp³-hybridized carbons (Fsp3) is 0.524. The number of nitrogens with zero attached hydrogens (tertiary/aromatic N) is 3. The first-order chi connectivity index (χ1) is 13.0. The third-order valence-corrected chi connectivity index (χ3v) is 4.90. The maximum Gasteiger partial charge on any atom is 0.315 e. The van der Waals surface area contributed by atoms with E-state index in [0.717, 1.165) is 43.9 Å². The number of hydrogen-bond donors (Lipinski definition) is 2. The molecule has 1 aromatic carbocycles. The van der Waals surface area contributed by atoms with Crippen LogP contribution in [0.15, 0.2) is 30.3 Å². The van der Waals surface area contributed by atoms with Crippen LogP contribution in [0.25, 0.3) is 0 Å². The minimum atomic E-state index is -0.164. The smallest absolute Gasteiger partial charge is 0.315 e. The molecule has 0 saturated heterocycles. The molecule has 6 nitrogen and oxygen atoms in total. The van der Waals surface area contributed by atoms with E-state index in [1.807, 2.05) is 18.2 Å². The van der Waals surface area contributed by atoms with Gasteiger partial charge in [0, 0.05) is 32.7 Å². The summed E-state index contributed by atoms with van der Waals surface area (Å²) in [5.41, 5.74) is 4.47. The summed E-state index contributed by atoms with van der Waals surface area (Å²) in [7, 11) is 0. The molecule has 0 atom stereocenters. The molecular formula is C21H31N5O. The largest absolute Gasteiger partial charge is 0.334 e. The van der Waals surface area contributed by atoms with Crippen LogP contribution in [0.4, 0.5) is 4.79 Å². The second kappa shape index (κ2) is 9.04. The van der Waals surface area contributed by atoms with E-state index in [9.17, 15) is 4.79 Å². The Morgan fingerprint density at radius 3 is 2.74 bits per heavy atom. The van der Waals surface area contributed by atoms with Gasteiger partial charge in [-0.2, -0.15) is 5.10 Å². The molecule has 2 aromatic rings. The lowest BCUT2D eigenvalue weighted by molar-refractivity contribution is 0.239. The number of aryl methyl sites for hydroxylation is 2. The van der Waals surface area contributed by atoms with Crippen LogP contribution in [0.1, 0.15) is 42.8 Å². The number of benzene rings is 1. The number of carbonyl (C=O) groups excluding carboxylic acids is 1. The van der Waals surface area contributed by atoms with E-state index < -0.39 is 0 Å². The van der Waals surface area contributed by atoms with Gasteiger partial charge in [-0.3, -0.25) is 9.58 Å². The molecule has 1 aliphatic rings. The van der Waals surface area contributed by atoms with Gasteiger partial charge in [0.2, 0.25) is 0 Å². The first kappa shape index (κ1) is 19.4. The molecule has 0 bridgehead atoms. The molecule has 0 spiro atoms. The van der Waals surface area contributed by atoms with Crippen molar-refractivity contribution < 1.29 is 4.79 Å². The SMILES string of the molecule is Cc1ccccc1CNC(=O)NCc1cc2n(n1)CCCN(CC(C)C)C2. The predicted molar refractivity (Wildman–Crippen MR) is 107 cm³/mol. The van der Waals surface area contributed by atoms with Gasteiger partial charge < -0.3 is 10.6 Å². The van der Waals surface area contributed by atoms with Gasteiger partial charge in [-0.15, -0.1) is 0 Å². The number of amides is 2. The number of fused-ring (bicyclic) bond motifs is 1. The quantitative estimate of drug-likeness (QED) is 0.823. The van der Waals surface area contributed by atoms with Gasteiger partial charge >= 0.3 is 6.03 Å². The topological polar surface area (TPSA) is 62.2 Å². The lowest BCUT2D eigenvalue weighted by Gasteiger charge is -2.21. The lowest BCUT2D eigenvalue weighted by atomic mass is 10.1. The molecule has 0 aliphatic carbocycles. The number of carbonyl (C=O) groups is 1. The highest BCUT2D eigenvalue weighted by Crippen LogP contribution is 2.15. The zero-order chi connectivity index (χ0) is 19.2. The molecule has 0 fully saturated rings. The normalized spacial score (nSPS) is 14.7. The molecular weight excluding hydrogens is 338 g/mol. The van der Waals surface area contributed by atoms with Crippen LogP contribution in [0, 0.1) is 12.8 Å². The second-order valence-electron chi connectivity index (χ2n) is 7.80. The zero-order valence-corrected chi connectivity index (χ0v) is 16.7. The van der Waals surface area contributed by atoms with E-state index in [2.05, 4.69) is 58.2 Å². The lowest BCUT2D eigenvalue weighted by Crippen LogP contribution is -2.34. The number of hydrogen-bond acceptors (Lipinski definition) is 3. The summed E-state index contributed by atoms with van der Waals surface area (Å²) >= 11 is 0. The molecule has 0 unspecified atom stereocenters. The maximum absolute atomic E-state index is 12.1. The Morgan fingerprint density at radius 1 is 1.19 bits per heavy atom. The molecule has 1 aromatic heterocycles. The Balaban J connectivity index is 1.50. The van der Waals surface area contributed by atoms with Crippen molar-refractivity contribution in [2.75, 3.05) is 13.1 Å². The first-order valence-corrected chi connectivity index (χ1v) is 9.85. The monoisotopic (exact) mass is 369 g/mol. The minimum absolute atomic E-state index is 0.164. The van der Waals surface area contributed by atoms with Gasteiger partial charge in [0.05, 0.1) is 17.9 Å². The summed E-state index contributed by atoms with van der Waals surface area (Å²) in [5, 5.41) is 10.5. The minimum Gasteiger partial charge on any atom is -0.334 e. The number of rotatable bonds is 6. The third kappa shape index (κ3) is 5.57. The van der Waals surface area contributed by atoms with Crippen molar-refractivity contribution in [3.8, 4) is 0 Å². The van der Waals surface area contributed by atoms with Crippen molar-refractivity contribution in [1.82, 2.24) is 25.3 Å². The summed E-state index contributed by atoms with van der Waals surface area (Å²) in [6, 6.07) is 10.0. The van der Waals surface area contributed by atoms with Gasteiger partial charge in [-0.25, -0.2) is 4.79 Å². The number of nitrogens with one attached hydrogen (secondary N) is 2. The summed E-state index contributed by atoms with van der Waals surface area (Å²) in [4.78, 5) is 14.6. The van der Waals surface area contributed by atoms with Crippen LogP contribution in [0.5, 0.6) is 0 Å². The Kier molecular flexibility index (Phi) is 6.50. The first-order valence-electron chi connectivity index (χ1n) is 9.85. The van der Waals surface area contributed by atoms with Crippen molar-refractivity contribution >= 4 is 6.03 Å². The molecule has 3 rings (SSSR count). The van der Waals surface area contributed by atoms with Gasteiger partial charge in [-0.05, 0) is 36.5 Å². The summed E-state index contributed by atoms with van der Waals surface area (Å²) in [5.74, 6) is 0.664. The summed E-state index contributed by atoms with van der Waals surface area (Å²) in [6.07, 6.45) is 1.12.